The molecule has 0 spiro atoms. The van der Waals surface area contributed by atoms with Crippen LogP contribution in [-0.4, -0.2) is 31.6 Å². The van der Waals surface area contributed by atoms with Gasteiger partial charge in [-0.05, 0) is 6.92 Å². The van der Waals surface area contributed by atoms with Crippen LogP contribution in [0.25, 0.3) is 0 Å². The molecule has 0 aliphatic heterocycles. The van der Waals surface area contributed by atoms with Crippen LogP contribution in [0.4, 0.5) is 0 Å². The number of benzene rings is 1. The smallest absolute Gasteiger partial charge is 0.302 e. The summed E-state index contributed by atoms with van der Waals surface area (Å²) in [4.78, 5) is 15.6. The maximum atomic E-state index is 11.9. The molecule has 2 rings (SSSR count). The van der Waals surface area contributed by atoms with Gasteiger partial charge in [-0.2, -0.15) is 9.78 Å². The van der Waals surface area contributed by atoms with E-state index in [1.54, 1.807) is 12.1 Å². The lowest BCUT2D eigenvalue weighted by Crippen LogP contribution is -2.23. The highest BCUT2D eigenvalue weighted by atomic mass is 16.4. The first-order valence-corrected chi connectivity index (χ1v) is 4.91. The summed E-state index contributed by atoms with van der Waals surface area (Å²) in [5.74, 6) is -0.533. The van der Waals surface area contributed by atoms with E-state index in [1.807, 2.05) is 19.1 Å². The Morgan fingerprint density at radius 2 is 2.06 bits per heavy atom. The molecule has 0 saturated heterocycles. The van der Waals surface area contributed by atoms with E-state index < -0.39 is 5.91 Å². The van der Waals surface area contributed by atoms with Gasteiger partial charge in [0.25, 0.3) is 0 Å². The van der Waals surface area contributed by atoms with Crippen molar-refractivity contribution in [3.8, 4) is 0 Å². The predicted octanol–water partition coefficient (Wildman–Crippen LogP) is 1.11. The van der Waals surface area contributed by atoms with Crippen LogP contribution >= 0.6 is 0 Å². The largest absolute Gasteiger partial charge is 0.410 e. The van der Waals surface area contributed by atoms with Crippen LogP contribution in [0.5, 0.6) is 0 Å². The van der Waals surface area contributed by atoms with Crippen molar-refractivity contribution in [2.45, 2.75) is 6.92 Å². The van der Waals surface area contributed by atoms with Gasteiger partial charge in [0, 0.05) is 5.56 Å². The Bertz CT molecular complexity index is 543. The number of hydrogen-bond donors (Lipinski definition) is 1. The summed E-state index contributed by atoms with van der Waals surface area (Å²) >= 11 is 0. The maximum absolute atomic E-state index is 11.9. The minimum Gasteiger partial charge on any atom is -0.410 e. The van der Waals surface area contributed by atoms with Crippen LogP contribution in [0.15, 0.2) is 42.1 Å². The van der Waals surface area contributed by atoms with Crippen molar-refractivity contribution in [2.24, 2.45) is 5.16 Å². The predicted molar refractivity (Wildman–Crippen MR) is 60.2 cm³/mol. The van der Waals surface area contributed by atoms with Gasteiger partial charge >= 0.3 is 5.91 Å². The minimum absolute atomic E-state index is 0.0736. The molecule has 1 aromatic carbocycles. The molecule has 17 heavy (non-hydrogen) atoms. The molecular weight excluding hydrogens is 220 g/mol. The van der Waals surface area contributed by atoms with E-state index >= 15 is 0 Å². The van der Waals surface area contributed by atoms with Gasteiger partial charge in [-0.15, -0.1) is 0 Å². The molecule has 6 heteroatoms. The molecule has 0 aliphatic carbocycles. The molecule has 1 aromatic heterocycles. The second-order valence-corrected chi connectivity index (χ2v) is 3.46. The highest BCUT2D eigenvalue weighted by Crippen LogP contribution is 2.06. The number of nitrogens with zero attached hydrogens (tertiary/aromatic N) is 4. The van der Waals surface area contributed by atoms with Crippen LogP contribution < -0.4 is 0 Å². The Labute approximate surface area is 97.2 Å². The lowest BCUT2D eigenvalue weighted by Gasteiger charge is -2.03. The lowest BCUT2D eigenvalue weighted by atomic mass is 10.1. The minimum atomic E-state index is -0.533. The van der Waals surface area contributed by atoms with Crippen molar-refractivity contribution in [1.29, 1.82) is 0 Å². The normalized spacial score (nSPS) is 11.5. The third-order valence-electron chi connectivity index (χ3n) is 2.25. The Hall–Kier alpha value is -2.50. The fourth-order valence-electron chi connectivity index (χ4n) is 1.36. The first-order chi connectivity index (χ1) is 8.22. The quantitative estimate of drug-likeness (QED) is 0.476. The number of rotatable bonds is 2. The molecule has 0 bridgehead atoms. The monoisotopic (exact) mass is 230 g/mol. The summed E-state index contributed by atoms with van der Waals surface area (Å²) in [5, 5.41) is 15.6. The number of aryl methyl sites for hydroxylation is 1. The van der Waals surface area contributed by atoms with E-state index in [0.717, 1.165) is 10.2 Å². The molecule has 0 radical (unpaired) electrons. The fraction of sp³-hybridized carbons (Fsp3) is 0.0909. The lowest BCUT2D eigenvalue weighted by molar-refractivity contribution is 0.0972. The maximum Gasteiger partial charge on any atom is 0.302 e. The topological polar surface area (TPSA) is 80.4 Å². The van der Waals surface area contributed by atoms with Crippen LogP contribution in [0.3, 0.4) is 0 Å². The van der Waals surface area contributed by atoms with Crippen molar-refractivity contribution < 1.29 is 10.0 Å². The van der Waals surface area contributed by atoms with Crippen molar-refractivity contribution in [1.82, 2.24) is 14.8 Å². The average molecular weight is 230 g/mol. The first-order valence-electron chi connectivity index (χ1n) is 4.91. The zero-order valence-electron chi connectivity index (χ0n) is 9.11. The van der Waals surface area contributed by atoms with Gasteiger partial charge in [-0.3, -0.25) is 4.79 Å². The molecule has 86 valence electrons. The van der Waals surface area contributed by atoms with Gasteiger partial charge in [0.2, 0.25) is 0 Å². The zero-order valence-corrected chi connectivity index (χ0v) is 9.11. The van der Waals surface area contributed by atoms with Crippen molar-refractivity contribution in [3.05, 3.63) is 48.0 Å². The SMILES string of the molecule is Cc1ccc(C(=NO)C(=O)n2cncn2)cc1. The second-order valence-electron chi connectivity index (χ2n) is 3.46. The third kappa shape index (κ3) is 2.20. The second kappa shape index (κ2) is 4.56. The third-order valence-corrected chi connectivity index (χ3v) is 2.25. The molecule has 0 aliphatic rings. The molecule has 2 aromatic rings. The van der Waals surface area contributed by atoms with Gasteiger partial charge in [0.1, 0.15) is 12.7 Å². The summed E-state index contributed by atoms with van der Waals surface area (Å²) < 4.78 is 1.01. The van der Waals surface area contributed by atoms with Crippen LogP contribution in [-0.2, 0) is 0 Å². The highest BCUT2D eigenvalue weighted by molar-refractivity contribution is 6.45. The van der Waals surface area contributed by atoms with Gasteiger partial charge < -0.3 is 5.21 Å². The number of aromatic nitrogens is 3. The van der Waals surface area contributed by atoms with Crippen LogP contribution in [0.1, 0.15) is 15.9 Å². The molecule has 0 saturated carbocycles. The zero-order chi connectivity index (χ0) is 12.3. The van der Waals surface area contributed by atoms with E-state index in [1.165, 1.54) is 12.7 Å². The summed E-state index contributed by atoms with van der Waals surface area (Å²) in [5.41, 5.74) is 1.51. The molecule has 0 fully saturated rings. The van der Waals surface area contributed by atoms with Crippen molar-refractivity contribution in [2.75, 3.05) is 0 Å². The molecule has 0 unspecified atom stereocenters. The van der Waals surface area contributed by atoms with E-state index in [0.29, 0.717) is 5.56 Å². The van der Waals surface area contributed by atoms with Gasteiger partial charge in [0.15, 0.2) is 5.71 Å². The Balaban J connectivity index is 2.35. The van der Waals surface area contributed by atoms with Gasteiger partial charge in [-0.1, -0.05) is 35.0 Å². The van der Waals surface area contributed by atoms with E-state index in [4.69, 9.17) is 5.21 Å². The molecule has 6 nitrogen and oxygen atoms in total. The molecular formula is C11H10N4O2. The standard InChI is InChI=1S/C11H10N4O2/c1-8-2-4-9(5-3-8)10(14-17)11(16)15-7-12-6-13-15/h2-7,17H,1H3. The number of carbonyl (C=O) groups is 1. The molecule has 0 atom stereocenters. The van der Waals surface area contributed by atoms with Crippen LogP contribution in [0.2, 0.25) is 0 Å². The number of oxime groups is 1. The Kier molecular flexibility index (Phi) is 2.95. The van der Waals surface area contributed by atoms with Gasteiger partial charge in [-0.25, -0.2) is 4.98 Å². The Morgan fingerprint density at radius 3 is 2.59 bits per heavy atom. The van der Waals surface area contributed by atoms with E-state index in [-0.39, 0.29) is 5.71 Å². The Morgan fingerprint density at radius 1 is 1.35 bits per heavy atom. The molecule has 1 N–H and O–H groups in total. The first kappa shape index (κ1) is 11.0. The molecule has 0 amide bonds. The number of hydrogen-bond acceptors (Lipinski definition) is 5. The van der Waals surface area contributed by atoms with E-state index in [2.05, 4.69) is 15.2 Å². The summed E-state index contributed by atoms with van der Waals surface area (Å²) in [6.07, 6.45) is 2.49. The van der Waals surface area contributed by atoms with Crippen molar-refractivity contribution >= 4 is 11.6 Å². The van der Waals surface area contributed by atoms with Crippen LogP contribution in [0, 0.1) is 6.92 Å². The average Bonchev–Trinajstić information content (AvgIpc) is 2.86. The van der Waals surface area contributed by atoms with E-state index in [9.17, 15) is 4.79 Å². The summed E-state index contributed by atoms with van der Waals surface area (Å²) in [7, 11) is 0. The molecule has 1 heterocycles. The van der Waals surface area contributed by atoms with Crippen molar-refractivity contribution in [3.63, 3.8) is 0 Å². The fourth-order valence-corrected chi connectivity index (χ4v) is 1.36. The van der Waals surface area contributed by atoms with Gasteiger partial charge in [0.05, 0.1) is 0 Å². The summed E-state index contributed by atoms with van der Waals surface area (Å²) in [6.45, 7) is 1.93. The summed E-state index contributed by atoms with van der Waals surface area (Å²) in [6, 6.07) is 7.07. The highest BCUT2D eigenvalue weighted by Gasteiger charge is 2.17. The number of carbonyl (C=O) groups excluding carboxylic acids is 1.